The summed E-state index contributed by atoms with van der Waals surface area (Å²) >= 11 is 2.03. The third-order valence-corrected chi connectivity index (χ3v) is 6.83. The van der Waals surface area contributed by atoms with Gasteiger partial charge in [-0.05, 0) is 63.0 Å². The van der Waals surface area contributed by atoms with E-state index >= 15 is 0 Å². The molecule has 0 N–H and O–H groups in total. The molecule has 1 amide bonds. The monoisotopic (exact) mass is 311 g/mol. The Morgan fingerprint density at radius 2 is 2.14 bits per heavy atom. The van der Waals surface area contributed by atoms with Gasteiger partial charge < -0.3 is 9.64 Å². The van der Waals surface area contributed by atoms with Crippen molar-refractivity contribution >= 4 is 17.7 Å². The van der Waals surface area contributed by atoms with E-state index in [0.29, 0.717) is 17.3 Å². The van der Waals surface area contributed by atoms with E-state index in [1.165, 1.54) is 31.4 Å². The van der Waals surface area contributed by atoms with Crippen molar-refractivity contribution in [2.45, 2.75) is 69.8 Å². The Balaban J connectivity index is 1.56. The predicted molar refractivity (Wildman–Crippen MR) is 87.5 cm³/mol. The minimum atomic E-state index is -0.156. The first-order valence-electron chi connectivity index (χ1n) is 8.73. The number of carbonyl (C=O) groups is 1. The Labute approximate surface area is 133 Å². The molecular formula is C17H29NO2S. The molecule has 3 aliphatic rings. The summed E-state index contributed by atoms with van der Waals surface area (Å²) < 4.78 is 6.12. The minimum Gasteiger partial charge on any atom is -0.365 e. The fourth-order valence-corrected chi connectivity index (χ4v) is 5.50. The number of hydrogen-bond donors (Lipinski definition) is 0. The Bertz CT molecular complexity index is 370. The van der Waals surface area contributed by atoms with E-state index in [-0.39, 0.29) is 12.0 Å². The van der Waals surface area contributed by atoms with Gasteiger partial charge in [0.25, 0.3) is 5.91 Å². The van der Waals surface area contributed by atoms with E-state index in [4.69, 9.17) is 4.74 Å². The summed E-state index contributed by atoms with van der Waals surface area (Å²) in [6.45, 7) is 6.18. The van der Waals surface area contributed by atoms with Crippen LogP contribution in [0.5, 0.6) is 0 Å². The standard InChI is InChI=1S/C17H29NO2S/c1-3-18(11-14-5-4-8-21-14)17(19)16-10-13-9-12(2)6-7-15(13)20-16/h12-16H,3-11H2,1-2H3. The van der Waals surface area contributed by atoms with E-state index in [1.807, 2.05) is 11.8 Å². The van der Waals surface area contributed by atoms with Gasteiger partial charge in [0.05, 0.1) is 6.10 Å². The molecule has 3 rings (SSSR count). The predicted octanol–water partition coefficient (Wildman–Crippen LogP) is 3.32. The van der Waals surface area contributed by atoms with E-state index in [2.05, 4.69) is 18.7 Å². The lowest BCUT2D eigenvalue weighted by Gasteiger charge is -2.28. The van der Waals surface area contributed by atoms with E-state index < -0.39 is 0 Å². The van der Waals surface area contributed by atoms with E-state index in [0.717, 1.165) is 31.8 Å². The van der Waals surface area contributed by atoms with E-state index in [9.17, 15) is 4.79 Å². The number of thioether (sulfide) groups is 1. The smallest absolute Gasteiger partial charge is 0.251 e. The quantitative estimate of drug-likeness (QED) is 0.797. The van der Waals surface area contributed by atoms with Gasteiger partial charge in [-0.2, -0.15) is 11.8 Å². The normalized spacial score (nSPS) is 39.2. The Morgan fingerprint density at radius 1 is 1.29 bits per heavy atom. The van der Waals surface area contributed by atoms with Crippen LogP contribution >= 0.6 is 11.8 Å². The number of hydrogen-bond acceptors (Lipinski definition) is 3. The van der Waals surface area contributed by atoms with Gasteiger partial charge in [0, 0.05) is 18.3 Å². The maximum atomic E-state index is 12.8. The van der Waals surface area contributed by atoms with Gasteiger partial charge >= 0.3 is 0 Å². The van der Waals surface area contributed by atoms with E-state index in [1.54, 1.807) is 0 Å². The number of nitrogens with zero attached hydrogens (tertiary/aromatic N) is 1. The van der Waals surface area contributed by atoms with Crippen molar-refractivity contribution < 1.29 is 9.53 Å². The molecule has 0 bridgehead atoms. The van der Waals surface area contributed by atoms with Gasteiger partial charge in [0.2, 0.25) is 0 Å². The lowest BCUT2D eigenvalue weighted by Crippen LogP contribution is -2.42. The molecule has 120 valence electrons. The van der Waals surface area contributed by atoms with Crippen LogP contribution in [0.1, 0.15) is 52.4 Å². The van der Waals surface area contributed by atoms with Crippen molar-refractivity contribution in [2.24, 2.45) is 11.8 Å². The Morgan fingerprint density at radius 3 is 2.86 bits per heavy atom. The topological polar surface area (TPSA) is 29.5 Å². The third kappa shape index (κ3) is 3.58. The molecule has 2 aliphatic heterocycles. The van der Waals surface area contributed by atoms with Gasteiger partial charge in [-0.15, -0.1) is 0 Å². The molecule has 0 spiro atoms. The number of rotatable bonds is 4. The molecule has 1 saturated carbocycles. The van der Waals surface area contributed by atoms with Gasteiger partial charge in [0.1, 0.15) is 6.10 Å². The molecule has 3 nitrogen and oxygen atoms in total. The van der Waals surface area contributed by atoms with Gasteiger partial charge in [-0.1, -0.05) is 6.92 Å². The zero-order chi connectivity index (χ0) is 14.8. The van der Waals surface area contributed by atoms with Crippen LogP contribution in [0.4, 0.5) is 0 Å². The summed E-state index contributed by atoms with van der Waals surface area (Å²) in [6, 6.07) is 0. The molecule has 2 saturated heterocycles. The van der Waals surface area contributed by atoms with Crippen LogP contribution in [-0.2, 0) is 9.53 Å². The third-order valence-electron chi connectivity index (χ3n) is 5.45. The lowest BCUT2D eigenvalue weighted by molar-refractivity contribution is -0.143. The van der Waals surface area contributed by atoms with Crippen molar-refractivity contribution in [1.29, 1.82) is 0 Å². The van der Waals surface area contributed by atoms with Crippen LogP contribution in [0.3, 0.4) is 0 Å². The average molecular weight is 311 g/mol. The largest absolute Gasteiger partial charge is 0.365 e. The van der Waals surface area contributed by atoms with Gasteiger partial charge in [0.15, 0.2) is 0 Å². The molecule has 1 aliphatic carbocycles. The maximum absolute atomic E-state index is 12.8. The van der Waals surface area contributed by atoms with Crippen molar-refractivity contribution in [2.75, 3.05) is 18.8 Å². The summed E-state index contributed by atoms with van der Waals surface area (Å²) in [5.74, 6) is 2.95. The fourth-order valence-electron chi connectivity index (χ4n) is 4.21. The fraction of sp³-hybridized carbons (Fsp3) is 0.941. The second-order valence-electron chi connectivity index (χ2n) is 7.09. The van der Waals surface area contributed by atoms with Gasteiger partial charge in [-0.25, -0.2) is 0 Å². The molecule has 5 atom stereocenters. The van der Waals surface area contributed by atoms with Crippen LogP contribution in [-0.4, -0.2) is 47.1 Å². The van der Waals surface area contributed by atoms with Crippen LogP contribution < -0.4 is 0 Å². The first-order chi connectivity index (χ1) is 10.2. The molecule has 4 heteroatoms. The summed E-state index contributed by atoms with van der Waals surface area (Å²) in [5.41, 5.74) is 0. The summed E-state index contributed by atoms with van der Waals surface area (Å²) in [6.07, 6.45) is 7.40. The van der Waals surface area contributed by atoms with Crippen LogP contribution in [0.15, 0.2) is 0 Å². The van der Waals surface area contributed by atoms with Crippen molar-refractivity contribution in [3.05, 3.63) is 0 Å². The number of amides is 1. The molecule has 0 aromatic heterocycles. The highest BCUT2D eigenvalue weighted by Crippen LogP contribution is 2.40. The van der Waals surface area contributed by atoms with Crippen molar-refractivity contribution in [1.82, 2.24) is 4.90 Å². The first-order valence-corrected chi connectivity index (χ1v) is 9.78. The number of likely N-dealkylation sites (N-methyl/N-ethyl adjacent to an activating group) is 1. The lowest BCUT2D eigenvalue weighted by atomic mass is 9.79. The Kier molecular flexibility index (Phi) is 5.15. The van der Waals surface area contributed by atoms with Crippen LogP contribution in [0.25, 0.3) is 0 Å². The zero-order valence-electron chi connectivity index (χ0n) is 13.4. The molecule has 21 heavy (non-hydrogen) atoms. The maximum Gasteiger partial charge on any atom is 0.251 e. The molecule has 0 radical (unpaired) electrons. The Hall–Kier alpha value is -0.220. The van der Waals surface area contributed by atoms with Gasteiger partial charge in [-0.3, -0.25) is 4.79 Å². The molecule has 0 aromatic carbocycles. The number of ether oxygens (including phenoxy) is 1. The molecule has 3 fully saturated rings. The zero-order valence-corrected chi connectivity index (χ0v) is 14.2. The van der Waals surface area contributed by atoms with Crippen molar-refractivity contribution in [3.8, 4) is 0 Å². The molecule has 2 heterocycles. The summed E-state index contributed by atoms with van der Waals surface area (Å²) in [4.78, 5) is 14.8. The van der Waals surface area contributed by atoms with Crippen molar-refractivity contribution in [3.63, 3.8) is 0 Å². The first kappa shape index (κ1) is 15.7. The summed E-state index contributed by atoms with van der Waals surface area (Å²) in [5, 5.41) is 0.651. The number of fused-ring (bicyclic) bond motifs is 1. The van der Waals surface area contributed by atoms with Crippen LogP contribution in [0, 0.1) is 11.8 Å². The minimum absolute atomic E-state index is 0.156. The molecule has 5 unspecified atom stereocenters. The number of carbonyl (C=O) groups excluding carboxylic acids is 1. The highest BCUT2D eigenvalue weighted by molar-refractivity contribution is 8.00. The second-order valence-corrected chi connectivity index (χ2v) is 8.50. The second kappa shape index (κ2) is 6.91. The average Bonchev–Trinajstić information content (AvgIpc) is 3.12. The highest BCUT2D eigenvalue weighted by atomic mass is 32.2. The molecule has 0 aromatic rings. The SMILES string of the molecule is CCN(CC1CCCS1)C(=O)C1CC2CC(C)CCC2O1. The molecular weight excluding hydrogens is 282 g/mol. The van der Waals surface area contributed by atoms with Crippen LogP contribution in [0.2, 0.25) is 0 Å². The summed E-state index contributed by atoms with van der Waals surface area (Å²) in [7, 11) is 0. The highest BCUT2D eigenvalue weighted by Gasteiger charge is 2.42.